The highest BCUT2D eigenvalue weighted by atomic mass is 16.7. The van der Waals surface area contributed by atoms with Crippen molar-refractivity contribution in [3.63, 3.8) is 0 Å². The molecule has 0 aromatic heterocycles. The molecule has 2 rings (SSSR count). The van der Waals surface area contributed by atoms with Crippen molar-refractivity contribution in [1.82, 2.24) is 0 Å². The van der Waals surface area contributed by atoms with Gasteiger partial charge >= 0.3 is 0 Å². The van der Waals surface area contributed by atoms with Crippen LogP contribution in [0.5, 0.6) is 0 Å². The summed E-state index contributed by atoms with van der Waals surface area (Å²) in [6.45, 7) is 0.928. The van der Waals surface area contributed by atoms with Crippen LogP contribution in [0.15, 0.2) is 30.3 Å². The number of benzene rings is 1. The first-order valence-corrected chi connectivity index (χ1v) is 4.80. The first kappa shape index (κ1) is 9.65. The minimum Gasteiger partial charge on any atom is -0.391 e. The maximum absolute atomic E-state index is 9.19. The van der Waals surface area contributed by atoms with Crippen molar-refractivity contribution >= 4 is 0 Å². The lowest BCUT2D eigenvalue weighted by molar-refractivity contribution is -0.118. The van der Waals surface area contributed by atoms with Gasteiger partial charge in [-0.05, 0) is 5.56 Å². The average molecular weight is 194 g/mol. The van der Waals surface area contributed by atoms with E-state index in [0.29, 0.717) is 19.6 Å². The highest BCUT2D eigenvalue weighted by molar-refractivity contribution is 5.13. The van der Waals surface area contributed by atoms with Gasteiger partial charge in [0, 0.05) is 6.42 Å². The highest BCUT2D eigenvalue weighted by Gasteiger charge is 2.23. The molecule has 0 saturated carbocycles. The van der Waals surface area contributed by atoms with Crippen LogP contribution in [0.2, 0.25) is 0 Å². The van der Waals surface area contributed by atoms with Crippen molar-refractivity contribution in [1.29, 1.82) is 0 Å². The van der Waals surface area contributed by atoms with Crippen molar-refractivity contribution in [2.75, 3.05) is 6.61 Å². The Morgan fingerprint density at radius 3 is 2.79 bits per heavy atom. The Morgan fingerprint density at radius 1 is 1.36 bits per heavy atom. The lowest BCUT2D eigenvalue weighted by Crippen LogP contribution is -2.11. The van der Waals surface area contributed by atoms with Crippen molar-refractivity contribution in [3.05, 3.63) is 35.9 Å². The van der Waals surface area contributed by atoms with Crippen LogP contribution >= 0.6 is 0 Å². The molecule has 3 nitrogen and oxygen atoms in total. The number of aliphatic hydroxyl groups excluding tert-OH is 1. The number of rotatable bonds is 3. The maximum Gasteiger partial charge on any atom is 0.160 e. The van der Waals surface area contributed by atoms with E-state index in [4.69, 9.17) is 9.47 Å². The molecular formula is C11H14O3. The molecule has 1 saturated heterocycles. The van der Waals surface area contributed by atoms with Crippen LogP contribution in [0.1, 0.15) is 12.0 Å². The zero-order chi connectivity index (χ0) is 9.80. The van der Waals surface area contributed by atoms with Crippen molar-refractivity contribution in [2.24, 2.45) is 0 Å². The molecule has 0 unspecified atom stereocenters. The van der Waals surface area contributed by atoms with E-state index in [2.05, 4.69) is 0 Å². The summed E-state index contributed by atoms with van der Waals surface area (Å²) in [6.07, 6.45) is -0.0340. The third kappa shape index (κ3) is 2.54. The highest BCUT2D eigenvalue weighted by Crippen LogP contribution is 2.15. The first-order valence-electron chi connectivity index (χ1n) is 4.80. The topological polar surface area (TPSA) is 38.7 Å². The van der Waals surface area contributed by atoms with Gasteiger partial charge in [0.05, 0.1) is 19.3 Å². The number of hydrogen-bond donors (Lipinski definition) is 1. The van der Waals surface area contributed by atoms with Crippen LogP contribution in [0, 0.1) is 0 Å². The fourth-order valence-corrected chi connectivity index (χ4v) is 1.46. The molecule has 0 radical (unpaired) electrons. The quantitative estimate of drug-likeness (QED) is 0.788. The fraction of sp³-hybridized carbons (Fsp3) is 0.455. The van der Waals surface area contributed by atoms with Crippen LogP contribution in [-0.4, -0.2) is 24.1 Å². The Labute approximate surface area is 83.3 Å². The minimum atomic E-state index is -0.365. The molecule has 1 aromatic rings. The summed E-state index contributed by atoms with van der Waals surface area (Å²) in [4.78, 5) is 0. The van der Waals surface area contributed by atoms with Gasteiger partial charge in [0.2, 0.25) is 0 Å². The molecule has 76 valence electrons. The zero-order valence-corrected chi connectivity index (χ0v) is 7.93. The van der Waals surface area contributed by atoms with Crippen molar-refractivity contribution in [3.8, 4) is 0 Å². The fourth-order valence-electron chi connectivity index (χ4n) is 1.46. The SMILES string of the molecule is O[C@@H]1CO[C@H](OCc2ccccc2)C1. The van der Waals surface area contributed by atoms with E-state index in [9.17, 15) is 5.11 Å². The Bertz CT molecular complexity index is 273. The van der Waals surface area contributed by atoms with Gasteiger partial charge in [-0.2, -0.15) is 0 Å². The minimum absolute atomic E-state index is 0.245. The molecule has 0 spiro atoms. The number of aliphatic hydroxyl groups is 1. The molecule has 2 atom stereocenters. The summed E-state index contributed by atoms with van der Waals surface area (Å²) in [7, 11) is 0. The van der Waals surface area contributed by atoms with E-state index in [1.165, 1.54) is 0 Å². The lowest BCUT2D eigenvalue weighted by atomic mass is 10.2. The van der Waals surface area contributed by atoms with Crippen molar-refractivity contribution in [2.45, 2.75) is 25.4 Å². The van der Waals surface area contributed by atoms with Gasteiger partial charge in [-0.3, -0.25) is 0 Å². The van der Waals surface area contributed by atoms with Crippen LogP contribution in [-0.2, 0) is 16.1 Å². The third-order valence-electron chi connectivity index (χ3n) is 2.22. The third-order valence-corrected chi connectivity index (χ3v) is 2.22. The molecular weight excluding hydrogens is 180 g/mol. The zero-order valence-electron chi connectivity index (χ0n) is 7.93. The first-order chi connectivity index (χ1) is 6.84. The molecule has 1 fully saturated rings. The molecule has 0 bridgehead atoms. The smallest absolute Gasteiger partial charge is 0.160 e. The molecule has 0 amide bonds. The Balaban J connectivity index is 1.78. The summed E-state index contributed by atoms with van der Waals surface area (Å²) in [5.74, 6) is 0. The normalized spacial score (nSPS) is 26.6. The molecule has 1 aliphatic heterocycles. The van der Waals surface area contributed by atoms with Gasteiger partial charge in [0.1, 0.15) is 0 Å². The van der Waals surface area contributed by atoms with Gasteiger partial charge in [0.25, 0.3) is 0 Å². The molecule has 1 heterocycles. The summed E-state index contributed by atoms with van der Waals surface area (Å²) in [5, 5.41) is 9.19. The second-order valence-corrected chi connectivity index (χ2v) is 3.45. The van der Waals surface area contributed by atoms with E-state index in [1.807, 2.05) is 30.3 Å². The van der Waals surface area contributed by atoms with Crippen LogP contribution in [0.4, 0.5) is 0 Å². The van der Waals surface area contributed by atoms with Crippen molar-refractivity contribution < 1.29 is 14.6 Å². The van der Waals surface area contributed by atoms with E-state index in [-0.39, 0.29) is 12.4 Å². The van der Waals surface area contributed by atoms with Crippen LogP contribution < -0.4 is 0 Å². The van der Waals surface area contributed by atoms with E-state index < -0.39 is 0 Å². The summed E-state index contributed by atoms with van der Waals surface area (Å²) in [6, 6.07) is 9.93. The Kier molecular flexibility index (Phi) is 3.14. The predicted molar refractivity (Wildman–Crippen MR) is 51.6 cm³/mol. The van der Waals surface area contributed by atoms with Gasteiger partial charge < -0.3 is 14.6 Å². The summed E-state index contributed by atoms with van der Waals surface area (Å²) >= 11 is 0. The number of ether oxygens (including phenoxy) is 2. The second-order valence-electron chi connectivity index (χ2n) is 3.45. The van der Waals surface area contributed by atoms with E-state index >= 15 is 0 Å². The lowest BCUT2D eigenvalue weighted by Gasteiger charge is -2.10. The van der Waals surface area contributed by atoms with Crippen LogP contribution in [0.25, 0.3) is 0 Å². The Hall–Kier alpha value is -0.900. The van der Waals surface area contributed by atoms with Gasteiger partial charge in [-0.1, -0.05) is 30.3 Å². The van der Waals surface area contributed by atoms with Crippen LogP contribution in [0.3, 0.4) is 0 Å². The standard InChI is InChI=1S/C11H14O3/c12-10-6-11(14-8-10)13-7-9-4-2-1-3-5-9/h1-5,10-12H,6-8H2/t10-,11-/m0/s1. The molecule has 1 N–H and O–H groups in total. The van der Waals surface area contributed by atoms with Gasteiger partial charge in [0.15, 0.2) is 6.29 Å². The van der Waals surface area contributed by atoms with E-state index in [1.54, 1.807) is 0 Å². The summed E-state index contributed by atoms with van der Waals surface area (Å²) < 4.78 is 10.7. The molecule has 3 heteroatoms. The van der Waals surface area contributed by atoms with Gasteiger partial charge in [-0.15, -0.1) is 0 Å². The molecule has 14 heavy (non-hydrogen) atoms. The van der Waals surface area contributed by atoms with Gasteiger partial charge in [-0.25, -0.2) is 0 Å². The second kappa shape index (κ2) is 4.55. The maximum atomic E-state index is 9.19. The average Bonchev–Trinajstić information content (AvgIpc) is 2.63. The Morgan fingerprint density at radius 2 is 2.14 bits per heavy atom. The summed E-state index contributed by atoms with van der Waals surface area (Å²) in [5.41, 5.74) is 1.12. The molecule has 1 aromatic carbocycles. The van der Waals surface area contributed by atoms with E-state index in [0.717, 1.165) is 5.56 Å². The predicted octanol–water partition coefficient (Wildman–Crippen LogP) is 1.31. The largest absolute Gasteiger partial charge is 0.391 e. The number of hydrogen-bond acceptors (Lipinski definition) is 3. The molecule has 0 aliphatic carbocycles. The monoisotopic (exact) mass is 194 g/mol. The molecule has 1 aliphatic rings.